The Kier molecular flexibility index (Phi) is 5.31. The maximum Gasteiger partial charge on any atom is 0.243 e. The lowest BCUT2D eigenvalue weighted by atomic mass is 10.2. The standard InChI is InChI=1S/C12H19NO5S2/c1-10-4-5-11(9-14)8-12(10)20(17,18)13(2)6-7-19(3,15)16/h4-5,8,14H,6-7,9H2,1-3H3. The summed E-state index contributed by atoms with van der Waals surface area (Å²) < 4.78 is 48.0. The fraction of sp³-hybridized carbons (Fsp3) is 0.500. The van der Waals surface area contributed by atoms with E-state index in [0.717, 1.165) is 10.6 Å². The van der Waals surface area contributed by atoms with Crippen molar-refractivity contribution in [2.45, 2.75) is 18.4 Å². The third-order valence-electron chi connectivity index (χ3n) is 2.90. The molecule has 0 aliphatic rings. The van der Waals surface area contributed by atoms with Gasteiger partial charge in [0.1, 0.15) is 9.84 Å². The van der Waals surface area contributed by atoms with Gasteiger partial charge in [0.15, 0.2) is 0 Å². The van der Waals surface area contributed by atoms with E-state index in [-0.39, 0.29) is 23.8 Å². The summed E-state index contributed by atoms with van der Waals surface area (Å²) in [4.78, 5) is 0.0834. The Balaban J connectivity index is 3.10. The van der Waals surface area contributed by atoms with Crippen LogP contribution in [0.1, 0.15) is 11.1 Å². The highest BCUT2D eigenvalue weighted by atomic mass is 32.2. The lowest BCUT2D eigenvalue weighted by molar-refractivity contribution is 0.281. The Morgan fingerprint density at radius 3 is 2.30 bits per heavy atom. The summed E-state index contributed by atoms with van der Waals surface area (Å²) in [5, 5.41) is 9.08. The van der Waals surface area contributed by atoms with Gasteiger partial charge in [-0.3, -0.25) is 0 Å². The molecule has 0 amide bonds. The van der Waals surface area contributed by atoms with Gasteiger partial charge in [-0.2, -0.15) is 4.31 Å². The topological polar surface area (TPSA) is 91.8 Å². The van der Waals surface area contributed by atoms with Crippen LogP contribution < -0.4 is 0 Å². The van der Waals surface area contributed by atoms with Gasteiger partial charge in [0, 0.05) is 19.8 Å². The van der Waals surface area contributed by atoms with Gasteiger partial charge in [0.05, 0.1) is 17.3 Å². The lowest BCUT2D eigenvalue weighted by Gasteiger charge is -2.18. The van der Waals surface area contributed by atoms with Gasteiger partial charge >= 0.3 is 0 Å². The first-order valence-corrected chi connectivity index (χ1v) is 9.42. The number of hydrogen-bond donors (Lipinski definition) is 1. The van der Waals surface area contributed by atoms with E-state index in [1.165, 1.54) is 13.1 Å². The second-order valence-corrected chi connectivity index (χ2v) is 8.99. The van der Waals surface area contributed by atoms with E-state index in [1.807, 2.05) is 0 Å². The number of nitrogens with zero attached hydrogens (tertiary/aromatic N) is 1. The summed E-state index contributed by atoms with van der Waals surface area (Å²) in [5.74, 6) is -0.235. The van der Waals surface area contributed by atoms with Crippen molar-refractivity contribution in [1.82, 2.24) is 4.31 Å². The zero-order chi connectivity index (χ0) is 15.6. The van der Waals surface area contributed by atoms with Crippen LogP contribution in [0.15, 0.2) is 23.1 Å². The van der Waals surface area contributed by atoms with Gasteiger partial charge in [0.2, 0.25) is 10.0 Å². The summed E-state index contributed by atoms with van der Waals surface area (Å²) in [7, 11) is -5.66. The monoisotopic (exact) mass is 321 g/mol. The number of aliphatic hydroxyl groups excluding tert-OH is 1. The van der Waals surface area contributed by atoms with Gasteiger partial charge in [-0.25, -0.2) is 16.8 Å². The second-order valence-electron chi connectivity index (χ2n) is 4.71. The molecule has 0 unspecified atom stereocenters. The number of sulfone groups is 1. The lowest BCUT2D eigenvalue weighted by Crippen LogP contribution is -2.32. The summed E-state index contributed by atoms with van der Waals surface area (Å²) in [6.07, 6.45) is 1.06. The maximum atomic E-state index is 12.4. The quantitative estimate of drug-likeness (QED) is 0.805. The molecule has 1 aromatic carbocycles. The van der Waals surface area contributed by atoms with Crippen molar-refractivity contribution in [3.63, 3.8) is 0 Å². The van der Waals surface area contributed by atoms with Crippen molar-refractivity contribution >= 4 is 19.9 Å². The molecule has 0 spiro atoms. The molecule has 1 aromatic rings. The molecule has 1 rings (SSSR count). The van der Waals surface area contributed by atoms with Crippen molar-refractivity contribution in [2.24, 2.45) is 0 Å². The van der Waals surface area contributed by atoms with Crippen LogP contribution in [0, 0.1) is 6.92 Å². The van der Waals surface area contributed by atoms with E-state index < -0.39 is 19.9 Å². The first kappa shape index (κ1) is 17.1. The molecule has 0 aromatic heterocycles. The van der Waals surface area contributed by atoms with Crippen LogP contribution in [0.2, 0.25) is 0 Å². The van der Waals surface area contributed by atoms with Gasteiger partial charge < -0.3 is 5.11 Å². The molecule has 6 nitrogen and oxygen atoms in total. The average Bonchev–Trinajstić information content (AvgIpc) is 2.35. The predicted molar refractivity (Wildman–Crippen MR) is 76.6 cm³/mol. The number of hydrogen-bond acceptors (Lipinski definition) is 5. The Hall–Kier alpha value is -0.960. The van der Waals surface area contributed by atoms with Crippen LogP contribution in [0.25, 0.3) is 0 Å². The third-order valence-corrected chi connectivity index (χ3v) is 5.82. The minimum atomic E-state index is -3.77. The van der Waals surface area contributed by atoms with Crippen molar-refractivity contribution in [3.8, 4) is 0 Å². The van der Waals surface area contributed by atoms with E-state index in [2.05, 4.69) is 0 Å². The molecule has 20 heavy (non-hydrogen) atoms. The molecule has 0 aliphatic carbocycles. The number of sulfonamides is 1. The number of benzene rings is 1. The first-order chi connectivity index (χ1) is 9.08. The molecule has 1 N–H and O–H groups in total. The molecule has 0 heterocycles. The smallest absolute Gasteiger partial charge is 0.243 e. The highest BCUT2D eigenvalue weighted by Crippen LogP contribution is 2.20. The molecule has 0 radical (unpaired) electrons. The molecular weight excluding hydrogens is 302 g/mol. The zero-order valence-corrected chi connectivity index (χ0v) is 13.3. The van der Waals surface area contributed by atoms with Crippen LogP contribution in [0.5, 0.6) is 0 Å². The Bertz CT molecular complexity index is 680. The van der Waals surface area contributed by atoms with Crippen molar-refractivity contribution < 1.29 is 21.9 Å². The summed E-state index contributed by atoms with van der Waals surface area (Å²) in [6.45, 7) is 1.29. The zero-order valence-electron chi connectivity index (χ0n) is 11.7. The minimum Gasteiger partial charge on any atom is -0.392 e. The number of aliphatic hydroxyl groups is 1. The van der Waals surface area contributed by atoms with Crippen LogP contribution in [-0.2, 0) is 26.5 Å². The molecule has 114 valence electrons. The molecular formula is C12H19NO5S2. The highest BCUT2D eigenvalue weighted by molar-refractivity contribution is 7.91. The normalized spacial score (nSPS) is 12.8. The van der Waals surface area contributed by atoms with Crippen LogP contribution in [0.4, 0.5) is 0 Å². The predicted octanol–water partition coefficient (Wildman–Crippen LogP) is 0.152. The molecule has 8 heteroatoms. The van der Waals surface area contributed by atoms with Crippen LogP contribution in [0.3, 0.4) is 0 Å². The minimum absolute atomic E-state index is 0.0834. The van der Waals surface area contributed by atoms with Crippen molar-refractivity contribution in [2.75, 3.05) is 25.6 Å². The molecule has 0 saturated heterocycles. The van der Waals surface area contributed by atoms with Crippen molar-refractivity contribution in [1.29, 1.82) is 0 Å². The third kappa shape index (κ3) is 4.27. The summed E-state index contributed by atoms with van der Waals surface area (Å²) >= 11 is 0. The molecule has 0 saturated carbocycles. The Labute approximate surface area is 120 Å². The van der Waals surface area contributed by atoms with E-state index in [4.69, 9.17) is 5.11 Å². The van der Waals surface area contributed by atoms with Gasteiger partial charge in [-0.15, -0.1) is 0 Å². The fourth-order valence-corrected chi connectivity index (χ4v) is 3.77. The van der Waals surface area contributed by atoms with Crippen molar-refractivity contribution in [3.05, 3.63) is 29.3 Å². The van der Waals surface area contributed by atoms with Crippen LogP contribution >= 0.6 is 0 Å². The number of aryl methyl sites for hydroxylation is 1. The number of rotatable bonds is 6. The fourth-order valence-electron chi connectivity index (χ4n) is 1.60. The summed E-state index contributed by atoms with van der Waals surface area (Å²) in [6, 6.07) is 4.66. The molecule has 0 bridgehead atoms. The van der Waals surface area contributed by atoms with E-state index in [0.29, 0.717) is 11.1 Å². The van der Waals surface area contributed by atoms with Gasteiger partial charge in [-0.1, -0.05) is 12.1 Å². The largest absolute Gasteiger partial charge is 0.392 e. The van der Waals surface area contributed by atoms with E-state index >= 15 is 0 Å². The summed E-state index contributed by atoms with van der Waals surface area (Å²) in [5.41, 5.74) is 1.04. The van der Waals surface area contributed by atoms with Gasteiger partial charge in [-0.05, 0) is 24.1 Å². The van der Waals surface area contributed by atoms with Crippen LogP contribution in [-0.4, -0.2) is 51.8 Å². The Morgan fingerprint density at radius 1 is 1.20 bits per heavy atom. The second kappa shape index (κ2) is 6.21. The molecule has 0 atom stereocenters. The molecule has 0 fully saturated rings. The van der Waals surface area contributed by atoms with Gasteiger partial charge in [0.25, 0.3) is 0 Å². The molecule has 0 aliphatic heterocycles. The maximum absolute atomic E-state index is 12.4. The van der Waals surface area contributed by atoms with E-state index in [9.17, 15) is 16.8 Å². The van der Waals surface area contributed by atoms with E-state index in [1.54, 1.807) is 19.1 Å². The Morgan fingerprint density at radius 2 is 1.80 bits per heavy atom. The SMILES string of the molecule is Cc1ccc(CO)cc1S(=O)(=O)N(C)CCS(C)(=O)=O. The average molecular weight is 321 g/mol. The first-order valence-electron chi connectivity index (χ1n) is 5.92. The highest BCUT2D eigenvalue weighted by Gasteiger charge is 2.23.